The molecule has 0 unspecified atom stereocenters. The highest BCUT2D eigenvalue weighted by Gasteiger charge is 2.16. The molecule has 112 valence electrons. The van der Waals surface area contributed by atoms with Crippen molar-refractivity contribution in [3.8, 4) is 22.6 Å². The number of hydrogen-bond acceptors (Lipinski definition) is 2. The van der Waals surface area contributed by atoms with Crippen LogP contribution in [0.15, 0.2) is 30.3 Å². The van der Waals surface area contributed by atoms with Gasteiger partial charge in [-0.1, -0.05) is 19.9 Å². The van der Waals surface area contributed by atoms with E-state index in [0.717, 1.165) is 33.8 Å². The number of ether oxygens (including phenoxy) is 2. The topological polar surface area (TPSA) is 18.5 Å². The average molecular weight is 288 g/mol. The zero-order valence-electron chi connectivity index (χ0n) is 13.2. The molecule has 21 heavy (non-hydrogen) atoms. The molecule has 0 bridgehead atoms. The fraction of sp³-hybridized carbons (Fsp3) is 0.333. The highest BCUT2D eigenvalue weighted by Crippen LogP contribution is 2.40. The summed E-state index contributed by atoms with van der Waals surface area (Å²) in [4.78, 5) is 0. The van der Waals surface area contributed by atoms with Gasteiger partial charge in [0.1, 0.15) is 17.3 Å². The van der Waals surface area contributed by atoms with Crippen LogP contribution in [0.4, 0.5) is 4.39 Å². The first-order chi connectivity index (χ1) is 9.97. The molecule has 0 saturated carbocycles. The Hall–Kier alpha value is -2.03. The van der Waals surface area contributed by atoms with Gasteiger partial charge in [0.25, 0.3) is 0 Å². The molecule has 0 saturated heterocycles. The molecule has 0 aliphatic rings. The van der Waals surface area contributed by atoms with Crippen molar-refractivity contribution in [3.05, 3.63) is 47.3 Å². The smallest absolute Gasteiger partial charge is 0.130 e. The third kappa shape index (κ3) is 3.02. The average Bonchev–Trinajstić information content (AvgIpc) is 2.46. The summed E-state index contributed by atoms with van der Waals surface area (Å²) in [5.41, 5.74) is 3.92. The molecule has 3 heteroatoms. The van der Waals surface area contributed by atoms with E-state index in [4.69, 9.17) is 9.47 Å². The lowest BCUT2D eigenvalue weighted by Gasteiger charge is -2.18. The van der Waals surface area contributed by atoms with Gasteiger partial charge in [0.2, 0.25) is 0 Å². The number of rotatable bonds is 4. The van der Waals surface area contributed by atoms with E-state index in [1.54, 1.807) is 20.3 Å². The number of benzene rings is 2. The van der Waals surface area contributed by atoms with E-state index in [-0.39, 0.29) is 5.82 Å². The van der Waals surface area contributed by atoms with E-state index in [1.165, 1.54) is 12.1 Å². The van der Waals surface area contributed by atoms with Crippen molar-refractivity contribution in [1.82, 2.24) is 0 Å². The first kappa shape index (κ1) is 15.4. The summed E-state index contributed by atoms with van der Waals surface area (Å²) in [6.45, 7) is 6.13. The second-order valence-electron chi connectivity index (χ2n) is 5.41. The van der Waals surface area contributed by atoms with Crippen molar-refractivity contribution in [2.24, 2.45) is 0 Å². The summed E-state index contributed by atoms with van der Waals surface area (Å²) < 4.78 is 24.3. The molecule has 0 atom stereocenters. The van der Waals surface area contributed by atoms with E-state index in [0.29, 0.717) is 5.92 Å². The molecule has 2 aromatic rings. The third-order valence-electron chi connectivity index (χ3n) is 3.65. The molecule has 0 N–H and O–H groups in total. The minimum atomic E-state index is -0.229. The van der Waals surface area contributed by atoms with Crippen molar-refractivity contribution >= 4 is 0 Å². The Kier molecular flexibility index (Phi) is 4.51. The summed E-state index contributed by atoms with van der Waals surface area (Å²) in [5.74, 6) is 1.63. The van der Waals surface area contributed by atoms with Gasteiger partial charge in [-0.2, -0.15) is 0 Å². The Labute approximate surface area is 125 Å². The molecule has 2 aromatic carbocycles. The second-order valence-corrected chi connectivity index (χ2v) is 5.41. The van der Waals surface area contributed by atoms with Gasteiger partial charge in [-0.3, -0.25) is 0 Å². The molecule has 0 fully saturated rings. The third-order valence-corrected chi connectivity index (χ3v) is 3.65. The number of hydrogen-bond donors (Lipinski definition) is 0. The minimum absolute atomic E-state index is 0.229. The predicted molar refractivity (Wildman–Crippen MR) is 83.8 cm³/mol. The van der Waals surface area contributed by atoms with Crippen molar-refractivity contribution < 1.29 is 13.9 Å². The standard InChI is InChI=1S/C18H21FO2/c1-11(2)15-9-16(18(21-5)10-17(15)20-4)14-7-6-13(19)8-12(14)3/h6-11H,1-5H3. The molecule has 2 rings (SSSR count). The lowest BCUT2D eigenvalue weighted by atomic mass is 9.93. The molecule has 0 aliphatic carbocycles. The maximum atomic E-state index is 13.3. The van der Waals surface area contributed by atoms with Gasteiger partial charge < -0.3 is 9.47 Å². The first-order valence-corrected chi connectivity index (χ1v) is 7.00. The van der Waals surface area contributed by atoms with E-state index < -0.39 is 0 Å². The maximum absolute atomic E-state index is 13.3. The van der Waals surface area contributed by atoms with Gasteiger partial charge >= 0.3 is 0 Å². The highest BCUT2D eigenvalue weighted by atomic mass is 19.1. The SMILES string of the molecule is COc1cc(OC)c(C(C)C)cc1-c1ccc(F)cc1C. The van der Waals surface area contributed by atoms with Gasteiger partial charge in [-0.05, 0) is 47.7 Å². The molecule has 0 amide bonds. The van der Waals surface area contributed by atoms with E-state index in [1.807, 2.05) is 13.0 Å². The zero-order chi connectivity index (χ0) is 15.6. The Balaban J connectivity index is 2.69. The van der Waals surface area contributed by atoms with Gasteiger partial charge in [0.05, 0.1) is 14.2 Å². The minimum Gasteiger partial charge on any atom is -0.496 e. The van der Waals surface area contributed by atoms with Crippen LogP contribution >= 0.6 is 0 Å². The lowest BCUT2D eigenvalue weighted by Crippen LogP contribution is -1.98. The monoisotopic (exact) mass is 288 g/mol. The van der Waals surface area contributed by atoms with Crippen LogP contribution in [0.2, 0.25) is 0 Å². The molecule has 2 nitrogen and oxygen atoms in total. The molecule has 0 aliphatic heterocycles. The van der Waals surface area contributed by atoms with Crippen LogP contribution < -0.4 is 9.47 Å². The number of halogens is 1. The van der Waals surface area contributed by atoms with Crippen molar-refractivity contribution in [3.63, 3.8) is 0 Å². The van der Waals surface area contributed by atoms with Crippen molar-refractivity contribution in [2.45, 2.75) is 26.7 Å². The molecule has 0 aromatic heterocycles. The fourth-order valence-corrected chi connectivity index (χ4v) is 2.51. The molecule has 0 radical (unpaired) electrons. The summed E-state index contributed by atoms with van der Waals surface area (Å²) in [7, 11) is 3.29. The largest absolute Gasteiger partial charge is 0.496 e. The quantitative estimate of drug-likeness (QED) is 0.793. The van der Waals surface area contributed by atoms with Crippen molar-refractivity contribution in [1.29, 1.82) is 0 Å². The summed E-state index contributed by atoms with van der Waals surface area (Å²) >= 11 is 0. The summed E-state index contributed by atoms with van der Waals surface area (Å²) in [5, 5.41) is 0. The van der Waals surface area contributed by atoms with E-state index >= 15 is 0 Å². The zero-order valence-corrected chi connectivity index (χ0v) is 13.2. The van der Waals surface area contributed by atoms with E-state index in [2.05, 4.69) is 19.9 Å². The van der Waals surface area contributed by atoms with Crippen LogP contribution in [0.5, 0.6) is 11.5 Å². The van der Waals surface area contributed by atoms with Gasteiger partial charge in [0, 0.05) is 11.6 Å². The molecule has 0 heterocycles. The molecular formula is C18H21FO2. The normalized spacial score (nSPS) is 10.8. The second kappa shape index (κ2) is 6.17. The van der Waals surface area contributed by atoms with Gasteiger partial charge in [-0.15, -0.1) is 0 Å². The predicted octanol–water partition coefficient (Wildman–Crippen LogP) is 4.94. The summed E-state index contributed by atoms with van der Waals surface area (Å²) in [6.07, 6.45) is 0. The number of methoxy groups -OCH3 is 2. The maximum Gasteiger partial charge on any atom is 0.130 e. The fourth-order valence-electron chi connectivity index (χ4n) is 2.51. The Bertz CT molecular complexity index is 648. The van der Waals surface area contributed by atoms with Crippen LogP contribution in [0, 0.1) is 12.7 Å². The van der Waals surface area contributed by atoms with Gasteiger partial charge in [0.15, 0.2) is 0 Å². The Morgan fingerprint density at radius 1 is 0.905 bits per heavy atom. The van der Waals surface area contributed by atoms with Crippen LogP contribution in [0.3, 0.4) is 0 Å². The van der Waals surface area contributed by atoms with Crippen LogP contribution in [0.25, 0.3) is 11.1 Å². The Morgan fingerprint density at radius 3 is 2.10 bits per heavy atom. The van der Waals surface area contributed by atoms with Crippen LogP contribution in [-0.4, -0.2) is 14.2 Å². The van der Waals surface area contributed by atoms with Crippen LogP contribution in [0.1, 0.15) is 30.9 Å². The Morgan fingerprint density at radius 2 is 1.57 bits per heavy atom. The van der Waals surface area contributed by atoms with Gasteiger partial charge in [-0.25, -0.2) is 4.39 Å². The molecule has 0 spiro atoms. The first-order valence-electron chi connectivity index (χ1n) is 7.00. The van der Waals surface area contributed by atoms with E-state index in [9.17, 15) is 4.39 Å². The van der Waals surface area contributed by atoms with Crippen LogP contribution in [-0.2, 0) is 0 Å². The lowest BCUT2D eigenvalue weighted by molar-refractivity contribution is 0.390. The van der Waals surface area contributed by atoms with Crippen molar-refractivity contribution in [2.75, 3.05) is 14.2 Å². The number of aryl methyl sites for hydroxylation is 1. The molecular weight excluding hydrogens is 267 g/mol. The highest BCUT2D eigenvalue weighted by molar-refractivity contribution is 5.75. The summed E-state index contributed by atoms with van der Waals surface area (Å²) in [6, 6.07) is 8.77.